The Morgan fingerprint density at radius 3 is 2.25 bits per heavy atom. The van der Waals surface area contributed by atoms with Crippen LogP contribution in [-0.4, -0.2) is 48.8 Å². The number of unbranched alkanes of at least 4 members (excludes halogenated alkanes) is 1. The van der Waals surface area contributed by atoms with Crippen LogP contribution in [0, 0.1) is 5.92 Å². The Morgan fingerprint density at radius 2 is 1.70 bits per heavy atom. The van der Waals surface area contributed by atoms with Crippen molar-refractivity contribution in [3.63, 3.8) is 0 Å². The normalized spacial score (nSPS) is 16.1. The van der Waals surface area contributed by atoms with E-state index in [2.05, 4.69) is 20.8 Å². The van der Waals surface area contributed by atoms with E-state index in [9.17, 15) is 5.11 Å². The molecule has 0 bridgehead atoms. The molecule has 0 rings (SSSR count). The number of aliphatic hydroxyl groups excluding tert-OH is 2. The van der Waals surface area contributed by atoms with Crippen molar-refractivity contribution in [2.24, 2.45) is 5.92 Å². The fourth-order valence-electron chi connectivity index (χ4n) is 2.45. The second-order valence-electron chi connectivity index (χ2n) is 5.34. The lowest BCUT2D eigenvalue weighted by molar-refractivity contribution is -0.0824. The molecule has 0 aliphatic rings. The summed E-state index contributed by atoms with van der Waals surface area (Å²) in [5, 5.41) is 19.2. The minimum absolute atomic E-state index is 0.0376. The Morgan fingerprint density at radius 1 is 0.950 bits per heavy atom. The van der Waals surface area contributed by atoms with Crippen molar-refractivity contribution in [1.29, 1.82) is 0 Å². The maximum atomic E-state index is 10.5. The molecule has 2 N–H and O–H groups in total. The van der Waals surface area contributed by atoms with Crippen LogP contribution in [0.15, 0.2) is 0 Å². The van der Waals surface area contributed by atoms with Crippen molar-refractivity contribution >= 4 is 0 Å². The van der Waals surface area contributed by atoms with Gasteiger partial charge in [-0.2, -0.15) is 0 Å². The predicted molar refractivity (Wildman–Crippen MR) is 81.9 cm³/mol. The van der Waals surface area contributed by atoms with Gasteiger partial charge in [-0.1, -0.05) is 46.5 Å². The predicted octanol–water partition coefficient (Wildman–Crippen LogP) is 2.76. The van der Waals surface area contributed by atoms with Gasteiger partial charge in [-0.3, -0.25) is 0 Å². The fraction of sp³-hybridized carbons (Fsp3) is 1.00. The molecule has 0 aromatic heterocycles. The van der Waals surface area contributed by atoms with Crippen molar-refractivity contribution in [2.75, 3.05) is 26.4 Å². The number of rotatable bonds is 14. The Kier molecular flexibility index (Phi) is 13.7. The Labute approximate surface area is 124 Å². The number of ether oxygens (including phenoxy) is 2. The van der Waals surface area contributed by atoms with Gasteiger partial charge < -0.3 is 19.7 Å². The summed E-state index contributed by atoms with van der Waals surface area (Å²) in [6.45, 7) is 7.76. The minimum atomic E-state index is -0.385. The fourth-order valence-corrected chi connectivity index (χ4v) is 2.45. The highest BCUT2D eigenvalue weighted by molar-refractivity contribution is 4.76. The zero-order valence-electron chi connectivity index (χ0n) is 13.5. The number of aliphatic hydroxyl groups is 2. The van der Waals surface area contributed by atoms with Crippen LogP contribution in [0.25, 0.3) is 0 Å². The molecule has 4 nitrogen and oxygen atoms in total. The molecule has 0 aromatic carbocycles. The molecule has 0 saturated carbocycles. The summed E-state index contributed by atoms with van der Waals surface area (Å²) in [5.41, 5.74) is 0. The van der Waals surface area contributed by atoms with Crippen LogP contribution in [0.5, 0.6) is 0 Å². The second-order valence-corrected chi connectivity index (χ2v) is 5.34. The van der Waals surface area contributed by atoms with Crippen LogP contribution in [-0.2, 0) is 9.47 Å². The third-order valence-electron chi connectivity index (χ3n) is 3.69. The topological polar surface area (TPSA) is 58.9 Å². The second kappa shape index (κ2) is 13.8. The monoisotopic (exact) mass is 290 g/mol. The smallest absolute Gasteiger partial charge is 0.0837 e. The van der Waals surface area contributed by atoms with E-state index in [1.165, 1.54) is 0 Å². The molecule has 0 saturated heterocycles. The van der Waals surface area contributed by atoms with E-state index in [1.54, 1.807) is 0 Å². The molecule has 0 spiro atoms. The van der Waals surface area contributed by atoms with Crippen LogP contribution < -0.4 is 0 Å². The third kappa shape index (κ3) is 8.90. The Bertz CT molecular complexity index is 199. The highest BCUT2D eigenvalue weighted by atomic mass is 16.5. The molecule has 0 aromatic rings. The lowest BCUT2D eigenvalue weighted by atomic mass is 9.89. The zero-order chi connectivity index (χ0) is 15.2. The maximum absolute atomic E-state index is 10.5. The molecular weight excluding hydrogens is 256 g/mol. The largest absolute Gasteiger partial charge is 0.394 e. The molecule has 0 radical (unpaired) electrons. The van der Waals surface area contributed by atoms with E-state index in [1.807, 2.05) is 0 Å². The van der Waals surface area contributed by atoms with Crippen molar-refractivity contribution in [2.45, 2.75) is 71.5 Å². The van der Waals surface area contributed by atoms with Gasteiger partial charge in [-0.15, -0.1) is 0 Å². The standard InChI is InChI=1S/C16H34O4/c1-4-7-9-14(6-3)16(18)15(8-5-2)20-13-12-19-11-10-17/h14-18H,4-13H2,1-3H3. The summed E-state index contributed by atoms with van der Waals surface area (Å²) in [4.78, 5) is 0. The number of hydrogen-bond donors (Lipinski definition) is 2. The summed E-state index contributed by atoms with van der Waals surface area (Å²) in [5.74, 6) is 0.324. The average molecular weight is 290 g/mol. The molecule has 4 heteroatoms. The lowest BCUT2D eigenvalue weighted by Gasteiger charge is -2.29. The number of hydrogen-bond acceptors (Lipinski definition) is 4. The molecular formula is C16H34O4. The van der Waals surface area contributed by atoms with Crippen LogP contribution in [0.1, 0.15) is 59.3 Å². The minimum Gasteiger partial charge on any atom is -0.394 e. The van der Waals surface area contributed by atoms with Gasteiger partial charge in [0.2, 0.25) is 0 Å². The SMILES string of the molecule is CCCCC(CC)C(O)C(CCC)OCCOCCO. The average Bonchev–Trinajstić information content (AvgIpc) is 2.46. The Balaban J connectivity index is 4.17. The molecule has 122 valence electrons. The first-order valence-electron chi connectivity index (χ1n) is 8.19. The summed E-state index contributed by atoms with van der Waals surface area (Å²) < 4.78 is 11.0. The summed E-state index contributed by atoms with van der Waals surface area (Å²) in [6, 6.07) is 0. The van der Waals surface area contributed by atoms with Gasteiger partial charge in [-0.25, -0.2) is 0 Å². The van der Waals surface area contributed by atoms with Crippen molar-refractivity contribution < 1.29 is 19.7 Å². The molecule has 0 amide bonds. The quantitative estimate of drug-likeness (QED) is 0.483. The third-order valence-corrected chi connectivity index (χ3v) is 3.69. The van der Waals surface area contributed by atoms with E-state index in [4.69, 9.17) is 14.6 Å². The van der Waals surface area contributed by atoms with E-state index in [-0.39, 0.29) is 18.8 Å². The van der Waals surface area contributed by atoms with Gasteiger partial charge >= 0.3 is 0 Å². The highest BCUT2D eigenvalue weighted by Crippen LogP contribution is 2.23. The van der Waals surface area contributed by atoms with Gasteiger partial charge in [-0.05, 0) is 18.8 Å². The van der Waals surface area contributed by atoms with Gasteiger partial charge in [0.15, 0.2) is 0 Å². The van der Waals surface area contributed by atoms with Gasteiger partial charge in [0.1, 0.15) is 0 Å². The molecule has 0 heterocycles. The van der Waals surface area contributed by atoms with Crippen LogP contribution in [0.2, 0.25) is 0 Å². The van der Waals surface area contributed by atoms with E-state index in [0.29, 0.717) is 25.7 Å². The van der Waals surface area contributed by atoms with Gasteiger partial charge in [0.05, 0.1) is 38.6 Å². The van der Waals surface area contributed by atoms with E-state index >= 15 is 0 Å². The first-order valence-corrected chi connectivity index (χ1v) is 8.19. The summed E-state index contributed by atoms with van der Waals surface area (Å²) in [7, 11) is 0. The first-order chi connectivity index (χ1) is 9.71. The Hall–Kier alpha value is -0.160. The molecule has 20 heavy (non-hydrogen) atoms. The zero-order valence-corrected chi connectivity index (χ0v) is 13.5. The van der Waals surface area contributed by atoms with E-state index < -0.39 is 0 Å². The van der Waals surface area contributed by atoms with Crippen molar-refractivity contribution in [1.82, 2.24) is 0 Å². The first kappa shape index (κ1) is 19.8. The van der Waals surface area contributed by atoms with E-state index in [0.717, 1.165) is 38.5 Å². The molecule has 0 fully saturated rings. The molecule has 3 atom stereocenters. The maximum Gasteiger partial charge on any atom is 0.0837 e. The summed E-state index contributed by atoms with van der Waals surface area (Å²) in [6.07, 6.45) is 5.78. The summed E-state index contributed by atoms with van der Waals surface area (Å²) >= 11 is 0. The molecule has 3 unspecified atom stereocenters. The van der Waals surface area contributed by atoms with Crippen LogP contribution in [0.3, 0.4) is 0 Å². The van der Waals surface area contributed by atoms with Crippen LogP contribution in [0.4, 0.5) is 0 Å². The van der Waals surface area contributed by atoms with Gasteiger partial charge in [0.25, 0.3) is 0 Å². The lowest BCUT2D eigenvalue weighted by Crippen LogP contribution is -2.36. The van der Waals surface area contributed by atoms with Crippen molar-refractivity contribution in [3.05, 3.63) is 0 Å². The van der Waals surface area contributed by atoms with Crippen molar-refractivity contribution in [3.8, 4) is 0 Å². The highest BCUT2D eigenvalue weighted by Gasteiger charge is 2.26. The molecule has 0 aliphatic carbocycles. The van der Waals surface area contributed by atoms with Gasteiger partial charge in [0, 0.05) is 0 Å². The van der Waals surface area contributed by atoms with Crippen LogP contribution >= 0.6 is 0 Å². The molecule has 0 aliphatic heterocycles.